The average Bonchev–Trinajstić information content (AvgIpc) is 3.19. The van der Waals surface area contributed by atoms with Gasteiger partial charge in [0.1, 0.15) is 0 Å². The van der Waals surface area contributed by atoms with E-state index in [9.17, 15) is 4.79 Å². The summed E-state index contributed by atoms with van der Waals surface area (Å²) in [6.07, 6.45) is 5.57. The van der Waals surface area contributed by atoms with Crippen LogP contribution in [0.15, 0.2) is 45.8 Å². The van der Waals surface area contributed by atoms with E-state index >= 15 is 0 Å². The predicted molar refractivity (Wildman–Crippen MR) is 92.3 cm³/mol. The van der Waals surface area contributed by atoms with Crippen molar-refractivity contribution in [2.24, 2.45) is 0 Å². The molecular weight excluding hydrogens is 322 g/mol. The first-order chi connectivity index (χ1) is 11.7. The topological polar surface area (TPSA) is 59.2 Å². The number of rotatable bonds is 5. The molecule has 0 unspecified atom stereocenters. The summed E-state index contributed by atoms with van der Waals surface area (Å²) in [7, 11) is 0. The SMILES string of the molecule is Cc1nc(C2CC2)oc1C(=O)N(Cc1ccsc1)c1cccnc1. The van der Waals surface area contributed by atoms with Gasteiger partial charge in [0, 0.05) is 12.1 Å². The van der Waals surface area contributed by atoms with Crippen LogP contribution in [0.3, 0.4) is 0 Å². The molecule has 5 nitrogen and oxygen atoms in total. The van der Waals surface area contributed by atoms with Crippen molar-refractivity contribution in [2.45, 2.75) is 32.2 Å². The molecule has 1 aliphatic rings. The van der Waals surface area contributed by atoms with E-state index in [0.717, 1.165) is 24.1 Å². The van der Waals surface area contributed by atoms with E-state index in [-0.39, 0.29) is 5.91 Å². The number of pyridine rings is 1. The number of hydrogen-bond donors (Lipinski definition) is 0. The van der Waals surface area contributed by atoms with Gasteiger partial charge in [0.2, 0.25) is 5.76 Å². The Kier molecular flexibility index (Phi) is 3.90. The highest BCUT2D eigenvalue weighted by molar-refractivity contribution is 7.07. The fraction of sp³-hybridized carbons (Fsp3) is 0.278. The molecule has 0 spiro atoms. The summed E-state index contributed by atoms with van der Waals surface area (Å²) >= 11 is 1.61. The van der Waals surface area contributed by atoms with Crippen molar-refractivity contribution in [3.05, 3.63) is 64.3 Å². The summed E-state index contributed by atoms with van der Waals surface area (Å²) in [5.74, 6) is 1.23. The van der Waals surface area contributed by atoms with Crippen LogP contribution in [0, 0.1) is 6.92 Å². The highest BCUT2D eigenvalue weighted by Gasteiger charge is 2.32. The first kappa shape index (κ1) is 15.1. The number of thiophene rings is 1. The number of anilines is 1. The highest BCUT2D eigenvalue weighted by Crippen LogP contribution is 2.40. The second-order valence-corrected chi connectivity index (χ2v) is 6.76. The Bertz CT molecular complexity index is 839. The lowest BCUT2D eigenvalue weighted by atomic mass is 10.2. The fourth-order valence-electron chi connectivity index (χ4n) is 2.60. The highest BCUT2D eigenvalue weighted by atomic mass is 32.1. The van der Waals surface area contributed by atoms with Crippen molar-refractivity contribution in [1.29, 1.82) is 0 Å². The minimum absolute atomic E-state index is 0.175. The van der Waals surface area contributed by atoms with Gasteiger partial charge >= 0.3 is 0 Å². The third-order valence-electron chi connectivity index (χ3n) is 4.06. The van der Waals surface area contributed by atoms with Gasteiger partial charge < -0.3 is 4.42 Å². The zero-order valence-electron chi connectivity index (χ0n) is 13.3. The maximum atomic E-state index is 13.1. The summed E-state index contributed by atoms with van der Waals surface area (Å²) in [5.41, 5.74) is 2.48. The molecule has 0 atom stereocenters. The largest absolute Gasteiger partial charge is 0.435 e. The molecule has 4 rings (SSSR count). The van der Waals surface area contributed by atoms with Crippen molar-refractivity contribution in [3.63, 3.8) is 0 Å². The molecule has 1 saturated carbocycles. The van der Waals surface area contributed by atoms with Gasteiger partial charge in [-0.25, -0.2) is 4.98 Å². The van der Waals surface area contributed by atoms with Gasteiger partial charge in [0.05, 0.1) is 24.1 Å². The molecular formula is C18H17N3O2S. The molecule has 6 heteroatoms. The van der Waals surface area contributed by atoms with Gasteiger partial charge in [-0.05, 0) is 54.3 Å². The van der Waals surface area contributed by atoms with Crippen LogP contribution < -0.4 is 4.90 Å². The Hall–Kier alpha value is -2.47. The zero-order chi connectivity index (χ0) is 16.5. The normalized spacial score (nSPS) is 13.9. The lowest BCUT2D eigenvalue weighted by Crippen LogP contribution is -2.30. The van der Waals surface area contributed by atoms with Crippen molar-refractivity contribution in [3.8, 4) is 0 Å². The Morgan fingerprint density at radius 3 is 2.96 bits per heavy atom. The van der Waals surface area contributed by atoms with Gasteiger partial charge in [-0.15, -0.1) is 0 Å². The summed E-state index contributed by atoms with van der Waals surface area (Å²) in [4.78, 5) is 23.4. The Balaban J connectivity index is 1.68. The maximum Gasteiger partial charge on any atom is 0.296 e. The Labute approximate surface area is 144 Å². The minimum atomic E-state index is -0.175. The smallest absolute Gasteiger partial charge is 0.296 e. The number of aryl methyl sites for hydroxylation is 1. The molecule has 1 aliphatic carbocycles. The van der Waals surface area contributed by atoms with Crippen LogP contribution in [0.2, 0.25) is 0 Å². The van der Waals surface area contributed by atoms with Crippen molar-refractivity contribution in [1.82, 2.24) is 9.97 Å². The van der Waals surface area contributed by atoms with Crippen LogP contribution in [0.5, 0.6) is 0 Å². The van der Waals surface area contributed by atoms with E-state index in [1.165, 1.54) is 0 Å². The number of carbonyl (C=O) groups is 1. The molecule has 1 fully saturated rings. The van der Waals surface area contributed by atoms with Crippen LogP contribution >= 0.6 is 11.3 Å². The molecule has 0 bridgehead atoms. The number of aromatic nitrogens is 2. The van der Waals surface area contributed by atoms with Gasteiger partial charge in [0.25, 0.3) is 5.91 Å². The number of nitrogens with zero attached hydrogens (tertiary/aromatic N) is 3. The molecule has 3 aromatic rings. The monoisotopic (exact) mass is 339 g/mol. The quantitative estimate of drug-likeness (QED) is 0.700. The molecule has 3 heterocycles. The standard InChI is InChI=1S/C18H17N3O2S/c1-12-16(23-17(20-12)14-4-5-14)18(22)21(10-13-6-8-24-11-13)15-3-2-7-19-9-15/h2-3,6-9,11,14H,4-5,10H2,1H3. The van der Waals surface area contributed by atoms with Crippen LogP contribution in [0.1, 0.15) is 46.5 Å². The first-order valence-corrected chi connectivity index (χ1v) is 8.87. The van der Waals surface area contributed by atoms with Gasteiger partial charge in [-0.1, -0.05) is 0 Å². The van der Waals surface area contributed by atoms with Crippen LogP contribution in [0.4, 0.5) is 5.69 Å². The van der Waals surface area contributed by atoms with E-state index in [2.05, 4.69) is 9.97 Å². The van der Waals surface area contributed by atoms with E-state index in [1.807, 2.05) is 35.9 Å². The van der Waals surface area contributed by atoms with Crippen LogP contribution in [-0.2, 0) is 6.54 Å². The second kappa shape index (κ2) is 6.20. The van der Waals surface area contributed by atoms with Crippen LogP contribution in [0.25, 0.3) is 0 Å². The Morgan fingerprint density at radius 1 is 1.42 bits per heavy atom. The minimum Gasteiger partial charge on any atom is -0.435 e. The third kappa shape index (κ3) is 2.97. The van der Waals surface area contributed by atoms with E-state index in [1.54, 1.807) is 28.6 Å². The molecule has 0 aliphatic heterocycles. The summed E-state index contributed by atoms with van der Waals surface area (Å²) in [6.45, 7) is 2.31. The zero-order valence-corrected chi connectivity index (χ0v) is 14.1. The molecule has 0 saturated heterocycles. The number of carbonyl (C=O) groups excluding carboxylic acids is 1. The molecule has 0 N–H and O–H groups in total. The fourth-order valence-corrected chi connectivity index (χ4v) is 3.26. The van der Waals surface area contributed by atoms with Gasteiger partial charge in [-0.2, -0.15) is 11.3 Å². The second-order valence-electron chi connectivity index (χ2n) is 5.98. The van der Waals surface area contributed by atoms with E-state index in [4.69, 9.17) is 4.42 Å². The predicted octanol–water partition coefficient (Wildman–Crippen LogP) is 4.16. The Morgan fingerprint density at radius 2 is 2.29 bits per heavy atom. The number of hydrogen-bond acceptors (Lipinski definition) is 5. The lowest BCUT2D eigenvalue weighted by Gasteiger charge is -2.21. The molecule has 0 radical (unpaired) electrons. The average molecular weight is 339 g/mol. The van der Waals surface area contributed by atoms with Gasteiger partial charge in [-0.3, -0.25) is 14.7 Å². The van der Waals surface area contributed by atoms with Crippen molar-refractivity contribution in [2.75, 3.05) is 4.90 Å². The molecule has 24 heavy (non-hydrogen) atoms. The molecule has 122 valence electrons. The summed E-state index contributed by atoms with van der Waals surface area (Å²) in [5, 5.41) is 4.05. The third-order valence-corrected chi connectivity index (χ3v) is 4.79. The van der Waals surface area contributed by atoms with Crippen molar-refractivity contribution < 1.29 is 9.21 Å². The molecule has 3 aromatic heterocycles. The summed E-state index contributed by atoms with van der Waals surface area (Å²) in [6, 6.07) is 5.72. The van der Waals surface area contributed by atoms with Gasteiger partial charge in [0.15, 0.2) is 5.89 Å². The molecule has 1 amide bonds. The van der Waals surface area contributed by atoms with Crippen LogP contribution in [-0.4, -0.2) is 15.9 Å². The molecule has 0 aromatic carbocycles. The number of amides is 1. The van der Waals surface area contributed by atoms with E-state index in [0.29, 0.717) is 29.8 Å². The number of oxazole rings is 1. The van der Waals surface area contributed by atoms with E-state index < -0.39 is 0 Å². The summed E-state index contributed by atoms with van der Waals surface area (Å²) < 4.78 is 5.80. The maximum absolute atomic E-state index is 13.1. The lowest BCUT2D eigenvalue weighted by molar-refractivity contribution is 0.0956. The first-order valence-electron chi connectivity index (χ1n) is 7.92. The van der Waals surface area contributed by atoms with Crippen molar-refractivity contribution >= 4 is 22.9 Å².